The number of rotatable bonds is 3. The van der Waals surface area contributed by atoms with Crippen LogP contribution in [-0.4, -0.2) is 9.97 Å². The lowest BCUT2D eigenvalue weighted by atomic mass is 9.46. The molecule has 0 saturated carbocycles. The number of hydrogen-bond donors (Lipinski definition) is 0. The van der Waals surface area contributed by atoms with Gasteiger partial charge >= 0.3 is 0 Å². The smallest absolute Gasteiger partial charge is 0.160 e. The van der Waals surface area contributed by atoms with E-state index in [-0.39, 0.29) is 5.92 Å². The van der Waals surface area contributed by atoms with Crippen molar-refractivity contribution in [2.24, 2.45) is 5.92 Å². The van der Waals surface area contributed by atoms with Crippen molar-refractivity contribution in [2.45, 2.75) is 17.3 Å². The van der Waals surface area contributed by atoms with Gasteiger partial charge in [-0.15, -0.1) is 0 Å². The zero-order valence-electron chi connectivity index (χ0n) is 30.7. The third-order valence-electron chi connectivity index (χ3n) is 13.0. The van der Waals surface area contributed by atoms with E-state index in [1.54, 1.807) is 0 Å². The van der Waals surface area contributed by atoms with Gasteiger partial charge in [0.2, 0.25) is 0 Å². The van der Waals surface area contributed by atoms with E-state index in [9.17, 15) is 0 Å². The molecule has 4 aliphatic carbocycles. The van der Waals surface area contributed by atoms with E-state index in [2.05, 4.69) is 200 Å². The Balaban J connectivity index is 1.28. The Bertz CT molecular complexity index is 2800. The van der Waals surface area contributed by atoms with Gasteiger partial charge in [0.1, 0.15) is 0 Å². The fourth-order valence-corrected chi connectivity index (χ4v) is 11.1. The summed E-state index contributed by atoms with van der Waals surface area (Å²) in [5.41, 5.74) is 18.8. The third-order valence-corrected chi connectivity index (χ3v) is 13.0. The molecule has 262 valence electrons. The van der Waals surface area contributed by atoms with Crippen molar-refractivity contribution in [3.05, 3.63) is 239 Å². The van der Waals surface area contributed by atoms with Gasteiger partial charge in [-0.05, 0) is 73.7 Å². The standard InChI is InChI=1S/C54H36N2/c1-3-18-35(19-4-1)49-34-50(36-20-5-2-6-21-36)56-52(55-49)41-26-17-33-48-51(41)54(44-29-13-9-24-39(44)40-25-10-14-30-45(40)54)47-32-16-15-31-46(47)53(48)42-27-11-7-22-37(42)38-23-8-12-28-43(38)53/h1-31,33-34,47H,32H2. The van der Waals surface area contributed by atoms with Crippen LogP contribution in [0.3, 0.4) is 0 Å². The van der Waals surface area contributed by atoms with Gasteiger partial charge in [0.25, 0.3) is 0 Å². The molecule has 2 nitrogen and oxygen atoms in total. The van der Waals surface area contributed by atoms with Crippen LogP contribution < -0.4 is 0 Å². The molecule has 0 N–H and O–H groups in total. The molecular weight excluding hydrogens is 677 g/mol. The Labute approximate surface area is 327 Å². The SMILES string of the molecule is C1=CCC2C(=C1)C1(c3ccccc3-c3ccccc31)c1cccc(-c3nc(-c4ccccc4)cc(-c4ccccc4)n3)c1C21c2ccccc2-c2ccccc21. The maximum Gasteiger partial charge on any atom is 0.160 e. The summed E-state index contributed by atoms with van der Waals surface area (Å²) in [4.78, 5) is 11.1. The molecule has 1 aromatic heterocycles. The van der Waals surface area contributed by atoms with Crippen molar-refractivity contribution >= 4 is 0 Å². The lowest BCUT2D eigenvalue weighted by Gasteiger charge is -2.55. The number of fused-ring (bicyclic) bond motifs is 16. The van der Waals surface area contributed by atoms with Gasteiger partial charge in [-0.25, -0.2) is 9.97 Å². The van der Waals surface area contributed by atoms with Crippen molar-refractivity contribution in [1.29, 1.82) is 0 Å². The molecule has 1 unspecified atom stereocenters. The first-order valence-electron chi connectivity index (χ1n) is 19.7. The van der Waals surface area contributed by atoms with Crippen LogP contribution in [0, 0.1) is 5.92 Å². The summed E-state index contributed by atoms with van der Waals surface area (Å²) >= 11 is 0. The highest BCUT2D eigenvalue weighted by atomic mass is 14.9. The van der Waals surface area contributed by atoms with E-state index in [1.807, 2.05) is 0 Å². The van der Waals surface area contributed by atoms with Crippen molar-refractivity contribution in [3.8, 4) is 56.2 Å². The molecule has 7 aromatic carbocycles. The van der Waals surface area contributed by atoms with Crippen molar-refractivity contribution < 1.29 is 0 Å². The lowest BCUT2D eigenvalue weighted by Crippen LogP contribution is -2.50. The quantitative estimate of drug-likeness (QED) is 0.182. The summed E-state index contributed by atoms with van der Waals surface area (Å²) in [6.45, 7) is 0. The molecular formula is C54H36N2. The van der Waals surface area contributed by atoms with Crippen LogP contribution in [0.5, 0.6) is 0 Å². The number of allylic oxidation sites excluding steroid dienone is 4. The third kappa shape index (κ3) is 4.00. The van der Waals surface area contributed by atoms with E-state index in [0.29, 0.717) is 0 Å². The first-order valence-corrected chi connectivity index (χ1v) is 19.7. The second-order valence-electron chi connectivity index (χ2n) is 15.5. The number of nitrogens with zero attached hydrogens (tertiary/aromatic N) is 2. The van der Waals surface area contributed by atoms with Gasteiger partial charge in [-0.3, -0.25) is 0 Å². The topological polar surface area (TPSA) is 25.8 Å². The van der Waals surface area contributed by atoms with Gasteiger partial charge in [0, 0.05) is 22.6 Å². The molecule has 2 heteroatoms. The Morgan fingerprint density at radius 3 is 1.43 bits per heavy atom. The number of hydrogen-bond acceptors (Lipinski definition) is 2. The van der Waals surface area contributed by atoms with Crippen molar-refractivity contribution in [1.82, 2.24) is 9.97 Å². The van der Waals surface area contributed by atoms with Crippen molar-refractivity contribution in [3.63, 3.8) is 0 Å². The molecule has 4 aliphatic rings. The number of aromatic nitrogens is 2. The highest BCUT2D eigenvalue weighted by Crippen LogP contribution is 2.71. The molecule has 0 aliphatic heterocycles. The van der Waals surface area contributed by atoms with Gasteiger partial charge < -0.3 is 0 Å². The molecule has 0 bridgehead atoms. The van der Waals surface area contributed by atoms with E-state index in [4.69, 9.17) is 9.97 Å². The van der Waals surface area contributed by atoms with Crippen LogP contribution in [0.25, 0.3) is 56.2 Å². The largest absolute Gasteiger partial charge is 0.228 e. The zero-order chi connectivity index (χ0) is 36.8. The maximum atomic E-state index is 5.54. The van der Waals surface area contributed by atoms with Gasteiger partial charge in [-0.1, -0.05) is 194 Å². The van der Waals surface area contributed by atoms with E-state index >= 15 is 0 Å². The predicted molar refractivity (Wildman–Crippen MR) is 227 cm³/mol. The Morgan fingerprint density at radius 2 is 0.875 bits per heavy atom. The molecule has 1 heterocycles. The number of benzene rings is 7. The molecule has 0 fully saturated rings. The summed E-state index contributed by atoms with van der Waals surface area (Å²) in [6, 6.07) is 66.9. The first kappa shape index (κ1) is 31.5. The molecule has 8 aromatic rings. The van der Waals surface area contributed by atoms with Crippen LogP contribution in [-0.2, 0) is 10.8 Å². The normalized spacial score (nSPS) is 17.0. The Hall–Kier alpha value is -6.90. The van der Waals surface area contributed by atoms with E-state index < -0.39 is 10.8 Å². The van der Waals surface area contributed by atoms with Crippen LogP contribution in [0.4, 0.5) is 0 Å². The fraction of sp³-hybridized carbons (Fsp3) is 0.0741. The highest BCUT2D eigenvalue weighted by Gasteiger charge is 2.63. The van der Waals surface area contributed by atoms with Gasteiger partial charge in [0.05, 0.1) is 22.2 Å². The second-order valence-corrected chi connectivity index (χ2v) is 15.5. The van der Waals surface area contributed by atoms with Crippen LogP contribution >= 0.6 is 0 Å². The molecule has 1 atom stereocenters. The molecule has 56 heavy (non-hydrogen) atoms. The lowest BCUT2D eigenvalue weighted by molar-refractivity contribution is 0.372. The maximum absolute atomic E-state index is 5.54. The minimum atomic E-state index is -0.509. The summed E-state index contributed by atoms with van der Waals surface area (Å²) in [5.74, 6) is 0.868. The average molecular weight is 713 g/mol. The molecule has 0 saturated heterocycles. The monoisotopic (exact) mass is 712 g/mol. The Kier molecular flexibility index (Phi) is 6.63. The Morgan fingerprint density at radius 1 is 0.429 bits per heavy atom. The minimum absolute atomic E-state index is 0.121. The van der Waals surface area contributed by atoms with Crippen LogP contribution in [0.15, 0.2) is 206 Å². The summed E-state index contributed by atoms with van der Waals surface area (Å²) in [7, 11) is 0. The fourth-order valence-electron chi connectivity index (χ4n) is 11.1. The van der Waals surface area contributed by atoms with Gasteiger partial charge in [0.15, 0.2) is 5.82 Å². The average Bonchev–Trinajstić information content (AvgIpc) is 3.74. The molecule has 0 amide bonds. The first-order chi connectivity index (χ1) is 27.8. The van der Waals surface area contributed by atoms with Crippen molar-refractivity contribution in [2.75, 3.05) is 0 Å². The second kappa shape index (κ2) is 11.8. The summed E-state index contributed by atoms with van der Waals surface area (Å²) < 4.78 is 0. The van der Waals surface area contributed by atoms with E-state index in [1.165, 1.54) is 61.2 Å². The molecule has 0 radical (unpaired) electrons. The molecule has 12 rings (SSSR count). The molecule has 2 spiro atoms. The summed E-state index contributed by atoms with van der Waals surface area (Å²) in [6.07, 6.45) is 8.08. The van der Waals surface area contributed by atoms with Crippen LogP contribution in [0.1, 0.15) is 39.8 Å². The highest BCUT2D eigenvalue weighted by molar-refractivity contribution is 5.94. The minimum Gasteiger partial charge on any atom is -0.228 e. The zero-order valence-corrected chi connectivity index (χ0v) is 30.7. The van der Waals surface area contributed by atoms with Crippen LogP contribution in [0.2, 0.25) is 0 Å². The summed E-state index contributed by atoms with van der Waals surface area (Å²) in [5, 5.41) is 0. The predicted octanol–water partition coefficient (Wildman–Crippen LogP) is 12.6. The van der Waals surface area contributed by atoms with Gasteiger partial charge in [-0.2, -0.15) is 0 Å². The van der Waals surface area contributed by atoms with E-state index in [0.717, 1.165) is 40.3 Å².